The number of H-pyrrole nitrogens is 1. The minimum absolute atomic E-state index is 0.314. The van der Waals surface area contributed by atoms with Crippen molar-refractivity contribution < 1.29 is 18.3 Å². The fourth-order valence-electron chi connectivity index (χ4n) is 5.61. The van der Waals surface area contributed by atoms with Crippen LogP contribution in [0.2, 0.25) is 0 Å². The van der Waals surface area contributed by atoms with Gasteiger partial charge in [-0.3, -0.25) is 9.89 Å². The number of carbonyl (C=O) groups excluding carboxylic acids is 1. The molecule has 8 nitrogen and oxygen atoms in total. The van der Waals surface area contributed by atoms with Gasteiger partial charge < -0.3 is 25.2 Å². The maximum absolute atomic E-state index is 14.1. The molecule has 43 heavy (non-hydrogen) atoms. The van der Waals surface area contributed by atoms with Gasteiger partial charge in [0.1, 0.15) is 11.6 Å². The summed E-state index contributed by atoms with van der Waals surface area (Å²) >= 11 is 0. The summed E-state index contributed by atoms with van der Waals surface area (Å²) < 4.78 is 33.5. The Morgan fingerprint density at radius 3 is 2.33 bits per heavy atom. The smallest absolute Gasteiger partial charge is 0.258 e. The molecule has 0 spiro atoms. The van der Waals surface area contributed by atoms with E-state index in [1.807, 2.05) is 64.1 Å². The summed E-state index contributed by atoms with van der Waals surface area (Å²) in [7, 11) is 3.77. The van der Waals surface area contributed by atoms with Crippen LogP contribution >= 0.6 is 0 Å². The van der Waals surface area contributed by atoms with Gasteiger partial charge in [-0.2, -0.15) is 5.10 Å². The van der Waals surface area contributed by atoms with E-state index in [4.69, 9.17) is 4.74 Å². The van der Waals surface area contributed by atoms with E-state index in [0.717, 1.165) is 49.0 Å². The van der Waals surface area contributed by atoms with Crippen molar-refractivity contribution in [2.24, 2.45) is 0 Å². The highest BCUT2D eigenvalue weighted by molar-refractivity contribution is 6.11. The fraction of sp³-hybridized carbons (Fsp3) is 0.394. The number of aromatic amines is 1. The van der Waals surface area contributed by atoms with Crippen molar-refractivity contribution in [3.8, 4) is 0 Å². The molecule has 1 amide bonds. The van der Waals surface area contributed by atoms with Crippen molar-refractivity contribution in [2.75, 3.05) is 62.5 Å². The zero-order valence-corrected chi connectivity index (χ0v) is 25.6. The van der Waals surface area contributed by atoms with Gasteiger partial charge in [-0.15, -0.1) is 0 Å². The van der Waals surface area contributed by atoms with Crippen molar-refractivity contribution in [1.82, 2.24) is 15.1 Å². The first-order chi connectivity index (χ1) is 20.4. The molecular formula is C33H40F2N6O2. The Bertz CT molecular complexity index is 1600. The zero-order chi connectivity index (χ0) is 30.9. The number of amides is 1. The fourth-order valence-corrected chi connectivity index (χ4v) is 5.61. The summed E-state index contributed by atoms with van der Waals surface area (Å²) in [5.41, 5.74) is 3.14. The monoisotopic (exact) mass is 590 g/mol. The van der Waals surface area contributed by atoms with Crippen molar-refractivity contribution >= 4 is 34.0 Å². The van der Waals surface area contributed by atoms with Crippen LogP contribution in [0.3, 0.4) is 0 Å². The number of hydrogen-bond acceptors (Lipinski definition) is 6. The van der Waals surface area contributed by atoms with Gasteiger partial charge in [0.05, 0.1) is 23.2 Å². The lowest BCUT2D eigenvalue weighted by molar-refractivity contribution is 0.102. The van der Waals surface area contributed by atoms with Crippen molar-refractivity contribution in [3.63, 3.8) is 0 Å². The van der Waals surface area contributed by atoms with Gasteiger partial charge in [-0.25, -0.2) is 8.78 Å². The van der Waals surface area contributed by atoms with Crippen LogP contribution in [0.15, 0.2) is 54.6 Å². The van der Waals surface area contributed by atoms with Gasteiger partial charge in [0.25, 0.3) is 5.91 Å². The molecule has 0 radical (unpaired) electrons. The molecule has 0 aliphatic carbocycles. The second-order valence-electron chi connectivity index (χ2n) is 12.5. The predicted octanol–water partition coefficient (Wildman–Crippen LogP) is 6.01. The third-order valence-corrected chi connectivity index (χ3v) is 8.20. The molecule has 228 valence electrons. The first kappa shape index (κ1) is 30.4. The Hall–Kier alpha value is -4.02. The highest BCUT2D eigenvalue weighted by Gasteiger charge is 2.27. The number of aromatic nitrogens is 2. The van der Waals surface area contributed by atoms with Gasteiger partial charge in [-0.05, 0) is 74.5 Å². The molecule has 4 aromatic rings. The van der Waals surface area contributed by atoms with Crippen molar-refractivity contribution in [3.05, 3.63) is 82.9 Å². The van der Waals surface area contributed by atoms with Crippen LogP contribution in [-0.2, 0) is 10.2 Å². The van der Waals surface area contributed by atoms with Crippen LogP contribution in [0.4, 0.5) is 26.0 Å². The molecule has 3 N–H and O–H groups in total. The molecule has 1 fully saturated rings. The van der Waals surface area contributed by atoms with Crippen LogP contribution < -0.4 is 15.5 Å². The lowest BCUT2D eigenvalue weighted by Gasteiger charge is -2.35. The average molecular weight is 591 g/mol. The summed E-state index contributed by atoms with van der Waals surface area (Å²) in [6, 6.07) is 15.1. The number of benzene rings is 3. The van der Waals surface area contributed by atoms with Crippen LogP contribution in [0.25, 0.3) is 10.9 Å². The molecule has 10 heteroatoms. The third kappa shape index (κ3) is 6.65. The number of nitrogens with zero attached hydrogens (tertiary/aromatic N) is 3. The molecule has 1 aromatic heterocycles. The summed E-state index contributed by atoms with van der Waals surface area (Å²) in [6.07, 6.45) is 0. The first-order valence-electron chi connectivity index (χ1n) is 14.5. The van der Waals surface area contributed by atoms with Crippen LogP contribution in [0.5, 0.6) is 0 Å². The average Bonchev–Trinajstić information content (AvgIpc) is 3.34. The molecule has 0 saturated carbocycles. The second-order valence-corrected chi connectivity index (χ2v) is 12.5. The normalized spacial score (nSPS) is 14.7. The molecule has 0 bridgehead atoms. The Morgan fingerprint density at radius 2 is 1.65 bits per heavy atom. The number of anilines is 3. The molecule has 3 aromatic carbocycles. The molecule has 2 heterocycles. The van der Waals surface area contributed by atoms with E-state index < -0.39 is 22.6 Å². The molecule has 1 aliphatic rings. The van der Waals surface area contributed by atoms with Gasteiger partial charge in [-0.1, -0.05) is 19.9 Å². The van der Waals surface area contributed by atoms with E-state index in [2.05, 4.69) is 37.7 Å². The minimum atomic E-state index is -0.710. The van der Waals surface area contributed by atoms with Crippen molar-refractivity contribution in [1.29, 1.82) is 0 Å². The van der Waals surface area contributed by atoms with E-state index in [9.17, 15) is 13.6 Å². The molecule has 1 saturated heterocycles. The number of nitrogens with one attached hydrogen (secondary N) is 3. The van der Waals surface area contributed by atoms with E-state index >= 15 is 0 Å². The zero-order valence-electron chi connectivity index (χ0n) is 25.6. The van der Waals surface area contributed by atoms with Gasteiger partial charge in [0.15, 0.2) is 5.82 Å². The Kier molecular flexibility index (Phi) is 8.45. The first-order valence-corrected chi connectivity index (χ1v) is 14.5. The summed E-state index contributed by atoms with van der Waals surface area (Å²) in [6.45, 7) is 12.1. The Balaban J connectivity index is 1.46. The minimum Gasteiger partial charge on any atom is -0.382 e. The quantitative estimate of drug-likeness (QED) is 0.222. The lowest BCUT2D eigenvalue weighted by atomic mass is 9.78. The van der Waals surface area contributed by atoms with Crippen LogP contribution in [-0.4, -0.2) is 73.5 Å². The van der Waals surface area contributed by atoms with E-state index in [1.165, 1.54) is 12.1 Å². The standard InChI is InChI=1S/C33H40F2N6O2/c1-32(2,20-43-6)37-29-19-25(41-13-11-40(5)12-14-41)8-9-26(29)31(42)36-30-27-17-21(7-10-28(27)38-39-30)33(3,4)22-15-23(34)18-24(35)16-22/h7-10,15-19,37H,11-14,20H2,1-6H3,(H2,36,38,39,42). The van der Waals surface area contributed by atoms with E-state index in [0.29, 0.717) is 34.6 Å². The number of methoxy groups -OCH3 is 1. The number of rotatable bonds is 9. The number of hydrogen-bond donors (Lipinski definition) is 3. The molecule has 0 atom stereocenters. The maximum atomic E-state index is 14.1. The number of fused-ring (bicyclic) bond motifs is 1. The maximum Gasteiger partial charge on any atom is 0.258 e. The SMILES string of the molecule is COCC(C)(C)Nc1cc(N2CCN(C)CC2)ccc1C(=O)Nc1n[nH]c2ccc(C(C)(C)c3cc(F)cc(F)c3)cc12. The highest BCUT2D eigenvalue weighted by atomic mass is 19.1. The van der Waals surface area contributed by atoms with Gasteiger partial charge in [0, 0.05) is 61.5 Å². The Labute approximate surface area is 251 Å². The number of likely N-dealkylation sites (N-methyl/N-ethyl adjacent to an activating group) is 1. The van der Waals surface area contributed by atoms with Crippen molar-refractivity contribution in [2.45, 2.75) is 38.6 Å². The van der Waals surface area contributed by atoms with E-state index in [-0.39, 0.29) is 5.91 Å². The highest BCUT2D eigenvalue weighted by Crippen LogP contribution is 2.35. The molecule has 1 aliphatic heterocycles. The molecule has 0 unspecified atom stereocenters. The number of halogens is 2. The Morgan fingerprint density at radius 1 is 0.953 bits per heavy atom. The third-order valence-electron chi connectivity index (χ3n) is 8.20. The van der Waals surface area contributed by atoms with E-state index in [1.54, 1.807) is 7.11 Å². The summed E-state index contributed by atoms with van der Waals surface area (Å²) in [5, 5.41) is 14.6. The largest absolute Gasteiger partial charge is 0.382 e. The lowest BCUT2D eigenvalue weighted by Crippen LogP contribution is -2.44. The van der Waals surface area contributed by atoms with Crippen LogP contribution in [0.1, 0.15) is 49.2 Å². The topological polar surface area (TPSA) is 85.5 Å². The molecule has 5 rings (SSSR count). The second kappa shape index (κ2) is 11.9. The molecular weight excluding hydrogens is 550 g/mol. The summed E-state index contributed by atoms with van der Waals surface area (Å²) in [5.74, 6) is -1.20. The summed E-state index contributed by atoms with van der Waals surface area (Å²) in [4.78, 5) is 18.4. The van der Waals surface area contributed by atoms with Gasteiger partial charge >= 0.3 is 0 Å². The predicted molar refractivity (Wildman–Crippen MR) is 168 cm³/mol. The van der Waals surface area contributed by atoms with Crippen LogP contribution in [0, 0.1) is 11.6 Å². The van der Waals surface area contributed by atoms with Gasteiger partial charge in [0.2, 0.25) is 0 Å². The number of ether oxygens (including phenoxy) is 1. The number of carbonyl (C=O) groups is 1. The number of piperazine rings is 1.